The van der Waals surface area contributed by atoms with Gasteiger partial charge >= 0.3 is 0 Å². The Labute approximate surface area is 75.4 Å². The Hall–Kier alpha value is -0.960. The summed E-state index contributed by atoms with van der Waals surface area (Å²) in [5.74, 6) is 0.716. The summed E-state index contributed by atoms with van der Waals surface area (Å²) in [5.41, 5.74) is 1.17. The van der Waals surface area contributed by atoms with Crippen molar-refractivity contribution in [1.82, 2.24) is 5.32 Å². The van der Waals surface area contributed by atoms with Crippen molar-refractivity contribution in [3.05, 3.63) is 35.9 Å². The molecule has 0 unspecified atom stereocenters. The third kappa shape index (κ3) is 1.46. The third-order valence-electron chi connectivity index (χ3n) is 1.78. The van der Waals surface area contributed by atoms with Gasteiger partial charge in [-0.3, -0.25) is 4.79 Å². The fourth-order valence-electron chi connectivity index (χ4n) is 1.20. The van der Waals surface area contributed by atoms with Crippen molar-refractivity contribution in [2.24, 2.45) is 0 Å². The number of benzene rings is 1. The Morgan fingerprint density at radius 3 is 2.67 bits per heavy atom. The third-order valence-corrected chi connectivity index (χ3v) is 2.93. The second kappa shape index (κ2) is 3.19. The van der Waals surface area contributed by atoms with E-state index in [1.165, 1.54) is 5.56 Å². The highest BCUT2D eigenvalue weighted by Gasteiger charge is 2.21. The molecule has 1 aromatic rings. The molecule has 0 saturated carbocycles. The van der Waals surface area contributed by atoms with Gasteiger partial charge in [-0.15, -0.1) is 11.8 Å². The number of nitrogens with one attached hydrogen (secondary N) is 1. The molecular formula is C9H9NOS. The van der Waals surface area contributed by atoms with Gasteiger partial charge in [0.1, 0.15) is 5.37 Å². The molecule has 2 nitrogen and oxygen atoms in total. The summed E-state index contributed by atoms with van der Waals surface area (Å²) in [6.07, 6.45) is 0. The van der Waals surface area contributed by atoms with E-state index in [1.54, 1.807) is 11.8 Å². The number of amides is 1. The fraction of sp³-hybridized carbons (Fsp3) is 0.222. The van der Waals surface area contributed by atoms with Crippen molar-refractivity contribution < 1.29 is 4.79 Å². The molecule has 1 saturated heterocycles. The number of rotatable bonds is 1. The van der Waals surface area contributed by atoms with Crippen LogP contribution < -0.4 is 5.32 Å². The maximum Gasteiger partial charge on any atom is 0.231 e. The highest BCUT2D eigenvalue weighted by Crippen LogP contribution is 2.29. The zero-order valence-electron chi connectivity index (χ0n) is 6.49. The number of hydrogen-bond donors (Lipinski definition) is 1. The molecule has 1 amide bonds. The second-order valence-electron chi connectivity index (χ2n) is 2.67. The number of carbonyl (C=O) groups excluding carboxylic acids is 1. The molecule has 1 aliphatic heterocycles. The fourth-order valence-corrected chi connectivity index (χ4v) is 2.16. The van der Waals surface area contributed by atoms with Gasteiger partial charge in [0, 0.05) is 0 Å². The molecule has 12 heavy (non-hydrogen) atoms. The lowest BCUT2D eigenvalue weighted by Crippen LogP contribution is -2.18. The van der Waals surface area contributed by atoms with E-state index in [4.69, 9.17) is 0 Å². The van der Waals surface area contributed by atoms with Crippen LogP contribution >= 0.6 is 11.8 Å². The van der Waals surface area contributed by atoms with Crippen LogP contribution in [0.5, 0.6) is 0 Å². The van der Waals surface area contributed by atoms with Crippen molar-refractivity contribution in [2.45, 2.75) is 5.37 Å². The van der Waals surface area contributed by atoms with Crippen molar-refractivity contribution in [3.63, 3.8) is 0 Å². The van der Waals surface area contributed by atoms with Gasteiger partial charge in [0.2, 0.25) is 5.91 Å². The first-order valence-electron chi connectivity index (χ1n) is 3.82. The number of hydrogen-bond acceptors (Lipinski definition) is 2. The Morgan fingerprint density at radius 2 is 2.08 bits per heavy atom. The van der Waals surface area contributed by atoms with E-state index in [9.17, 15) is 4.79 Å². The van der Waals surface area contributed by atoms with Crippen LogP contribution in [-0.2, 0) is 4.79 Å². The first-order chi connectivity index (χ1) is 5.86. The van der Waals surface area contributed by atoms with Crippen LogP contribution in [0.1, 0.15) is 10.9 Å². The van der Waals surface area contributed by atoms with E-state index in [2.05, 4.69) is 5.32 Å². The first kappa shape index (κ1) is 7.68. The van der Waals surface area contributed by atoms with Gasteiger partial charge < -0.3 is 5.32 Å². The summed E-state index contributed by atoms with van der Waals surface area (Å²) in [6, 6.07) is 10.0. The standard InChI is InChI=1S/C9H9NOS/c11-8-6-12-9(10-8)7-4-2-1-3-5-7/h1-5,9H,6H2,(H,10,11)/t9-/m0/s1. The van der Waals surface area contributed by atoms with Crippen molar-refractivity contribution in [1.29, 1.82) is 0 Å². The van der Waals surface area contributed by atoms with E-state index >= 15 is 0 Å². The molecule has 0 radical (unpaired) electrons. The van der Waals surface area contributed by atoms with Crippen LogP contribution in [0.4, 0.5) is 0 Å². The smallest absolute Gasteiger partial charge is 0.231 e. The van der Waals surface area contributed by atoms with Gasteiger partial charge in [-0.2, -0.15) is 0 Å². The minimum absolute atomic E-state index is 0.133. The van der Waals surface area contributed by atoms with Gasteiger partial charge in [0.25, 0.3) is 0 Å². The molecule has 1 heterocycles. The predicted octanol–water partition coefficient (Wildman–Crippen LogP) is 1.55. The molecule has 0 aliphatic carbocycles. The van der Waals surface area contributed by atoms with Gasteiger partial charge in [-0.25, -0.2) is 0 Å². The average Bonchev–Trinajstić information content (AvgIpc) is 2.54. The van der Waals surface area contributed by atoms with Crippen LogP contribution in [0.25, 0.3) is 0 Å². The highest BCUT2D eigenvalue weighted by molar-refractivity contribution is 8.00. The molecule has 1 fully saturated rings. The molecule has 0 aromatic heterocycles. The summed E-state index contributed by atoms with van der Waals surface area (Å²) < 4.78 is 0. The quantitative estimate of drug-likeness (QED) is 0.708. The molecule has 1 atom stereocenters. The molecule has 0 spiro atoms. The molecule has 1 N–H and O–H groups in total. The molecule has 1 aromatic carbocycles. The SMILES string of the molecule is O=C1CS[C@@H](c2ccccc2)N1. The normalized spacial score (nSPS) is 22.3. The summed E-state index contributed by atoms with van der Waals surface area (Å²) >= 11 is 1.64. The molecule has 62 valence electrons. The summed E-state index contributed by atoms with van der Waals surface area (Å²) in [4.78, 5) is 10.9. The monoisotopic (exact) mass is 179 g/mol. The lowest BCUT2D eigenvalue weighted by molar-refractivity contribution is -0.118. The zero-order valence-corrected chi connectivity index (χ0v) is 7.30. The Morgan fingerprint density at radius 1 is 1.33 bits per heavy atom. The van der Waals surface area contributed by atoms with Crippen LogP contribution in [0.3, 0.4) is 0 Å². The molecule has 1 aliphatic rings. The average molecular weight is 179 g/mol. The van der Waals surface area contributed by atoms with Gasteiger partial charge in [0.05, 0.1) is 5.75 Å². The van der Waals surface area contributed by atoms with Gasteiger partial charge in [0.15, 0.2) is 0 Å². The largest absolute Gasteiger partial charge is 0.339 e. The summed E-state index contributed by atoms with van der Waals surface area (Å²) in [6.45, 7) is 0. The molecular weight excluding hydrogens is 170 g/mol. The van der Waals surface area contributed by atoms with E-state index in [0.29, 0.717) is 5.75 Å². The van der Waals surface area contributed by atoms with E-state index in [1.807, 2.05) is 30.3 Å². The number of carbonyl (C=O) groups is 1. The number of thioether (sulfide) groups is 1. The predicted molar refractivity (Wildman–Crippen MR) is 49.8 cm³/mol. The lowest BCUT2D eigenvalue weighted by Gasteiger charge is -2.07. The van der Waals surface area contributed by atoms with Crippen LogP contribution in [-0.4, -0.2) is 11.7 Å². The Balaban J connectivity index is 2.16. The van der Waals surface area contributed by atoms with Gasteiger partial charge in [-0.05, 0) is 5.56 Å². The van der Waals surface area contributed by atoms with Crippen LogP contribution in [0.15, 0.2) is 30.3 Å². The van der Waals surface area contributed by atoms with Gasteiger partial charge in [-0.1, -0.05) is 30.3 Å². The molecule has 0 bridgehead atoms. The van der Waals surface area contributed by atoms with E-state index < -0.39 is 0 Å². The zero-order chi connectivity index (χ0) is 8.39. The van der Waals surface area contributed by atoms with E-state index in [-0.39, 0.29) is 11.3 Å². The molecule has 2 rings (SSSR count). The van der Waals surface area contributed by atoms with Crippen molar-refractivity contribution >= 4 is 17.7 Å². The Kier molecular flexibility index (Phi) is 2.04. The Bertz CT molecular complexity index is 286. The summed E-state index contributed by atoms with van der Waals surface area (Å²) in [7, 11) is 0. The highest BCUT2D eigenvalue weighted by atomic mass is 32.2. The second-order valence-corrected chi connectivity index (χ2v) is 3.76. The van der Waals surface area contributed by atoms with Crippen LogP contribution in [0, 0.1) is 0 Å². The van der Waals surface area contributed by atoms with E-state index in [0.717, 1.165) is 0 Å². The molecule has 3 heteroatoms. The topological polar surface area (TPSA) is 29.1 Å². The minimum Gasteiger partial charge on any atom is -0.339 e. The first-order valence-corrected chi connectivity index (χ1v) is 4.87. The lowest BCUT2D eigenvalue weighted by atomic mass is 10.2. The van der Waals surface area contributed by atoms with Crippen LogP contribution in [0.2, 0.25) is 0 Å². The maximum absolute atomic E-state index is 10.9. The maximum atomic E-state index is 10.9. The summed E-state index contributed by atoms with van der Waals surface area (Å²) in [5, 5.41) is 3.06. The van der Waals surface area contributed by atoms with Crippen molar-refractivity contribution in [2.75, 3.05) is 5.75 Å². The minimum atomic E-state index is 0.133. The van der Waals surface area contributed by atoms with Crippen molar-refractivity contribution in [3.8, 4) is 0 Å².